The minimum atomic E-state index is 0.591. The van der Waals surface area contributed by atoms with Gasteiger partial charge in [-0.1, -0.05) is 32.5 Å². The van der Waals surface area contributed by atoms with Gasteiger partial charge in [-0.15, -0.1) is 11.3 Å². The fourth-order valence-electron chi connectivity index (χ4n) is 1.71. The highest BCUT2D eigenvalue weighted by Crippen LogP contribution is 2.21. The van der Waals surface area contributed by atoms with Gasteiger partial charge in [0, 0.05) is 21.5 Å². The average molecular weight is 268 g/mol. The van der Waals surface area contributed by atoms with Crippen LogP contribution in [0.1, 0.15) is 30.5 Å². The summed E-state index contributed by atoms with van der Waals surface area (Å²) < 4.78 is 0. The summed E-state index contributed by atoms with van der Waals surface area (Å²) in [5.74, 6) is 1.84. The van der Waals surface area contributed by atoms with E-state index in [-0.39, 0.29) is 0 Å². The van der Waals surface area contributed by atoms with Crippen LogP contribution in [0.3, 0.4) is 0 Å². The highest BCUT2D eigenvalue weighted by molar-refractivity contribution is 8.14. The molecule has 1 saturated heterocycles. The maximum Gasteiger partial charge on any atom is 0.157 e. The molecule has 17 heavy (non-hydrogen) atoms. The Balaban J connectivity index is 1.89. The lowest BCUT2D eigenvalue weighted by molar-refractivity contribution is 0.503. The van der Waals surface area contributed by atoms with Crippen LogP contribution in [0.2, 0.25) is 0 Å². The van der Waals surface area contributed by atoms with Gasteiger partial charge in [0.25, 0.3) is 0 Å². The first-order chi connectivity index (χ1) is 8.19. The molecule has 2 heterocycles. The Kier molecular flexibility index (Phi) is 4.51. The number of nitrogens with zero attached hydrogens (tertiary/aromatic N) is 1. The quantitative estimate of drug-likeness (QED) is 0.903. The molecule has 0 aliphatic carbocycles. The number of thioether (sulfide) groups is 1. The Hall–Kier alpha value is -0.480. The third-order valence-electron chi connectivity index (χ3n) is 2.96. The molecule has 1 N–H and O–H groups in total. The maximum atomic E-state index is 4.65. The summed E-state index contributed by atoms with van der Waals surface area (Å²) in [7, 11) is 0. The van der Waals surface area contributed by atoms with Crippen LogP contribution in [-0.2, 0) is 13.0 Å². The summed E-state index contributed by atoms with van der Waals surface area (Å²) >= 11 is 3.73. The van der Waals surface area contributed by atoms with Crippen molar-refractivity contribution >= 4 is 28.3 Å². The van der Waals surface area contributed by atoms with Gasteiger partial charge in [-0.2, -0.15) is 0 Å². The van der Waals surface area contributed by atoms with Crippen LogP contribution in [0.4, 0.5) is 0 Å². The van der Waals surface area contributed by atoms with E-state index in [1.165, 1.54) is 9.75 Å². The SMILES string of the molecule is CCc1ccc(CN=C2NC(C(C)C)CS2)s1. The average Bonchev–Trinajstić information content (AvgIpc) is 2.95. The predicted molar refractivity (Wildman–Crippen MR) is 79.1 cm³/mol. The number of amidine groups is 1. The molecule has 1 fully saturated rings. The number of nitrogens with one attached hydrogen (secondary N) is 1. The van der Waals surface area contributed by atoms with Crippen molar-refractivity contribution in [1.29, 1.82) is 0 Å². The van der Waals surface area contributed by atoms with Gasteiger partial charge in [-0.3, -0.25) is 4.99 Å². The molecule has 0 spiro atoms. The predicted octanol–water partition coefficient (Wildman–Crippen LogP) is 3.53. The minimum Gasteiger partial charge on any atom is -0.361 e. The van der Waals surface area contributed by atoms with Gasteiger partial charge >= 0.3 is 0 Å². The van der Waals surface area contributed by atoms with Crippen LogP contribution in [0, 0.1) is 5.92 Å². The number of aryl methyl sites for hydroxylation is 1. The van der Waals surface area contributed by atoms with Crippen molar-refractivity contribution in [2.75, 3.05) is 5.75 Å². The highest BCUT2D eigenvalue weighted by atomic mass is 32.2. The van der Waals surface area contributed by atoms with Crippen molar-refractivity contribution in [2.45, 2.75) is 39.8 Å². The van der Waals surface area contributed by atoms with E-state index in [2.05, 4.69) is 43.2 Å². The molecule has 0 amide bonds. The third-order valence-corrected chi connectivity index (χ3v) is 5.22. The monoisotopic (exact) mass is 268 g/mol. The van der Waals surface area contributed by atoms with Crippen molar-refractivity contribution in [3.8, 4) is 0 Å². The lowest BCUT2D eigenvalue weighted by atomic mass is 10.1. The van der Waals surface area contributed by atoms with Crippen LogP contribution in [0.5, 0.6) is 0 Å². The smallest absolute Gasteiger partial charge is 0.157 e. The topological polar surface area (TPSA) is 24.4 Å². The fourth-order valence-corrected chi connectivity index (χ4v) is 3.79. The molecule has 1 aromatic rings. The Morgan fingerprint density at radius 3 is 2.76 bits per heavy atom. The molecule has 1 aliphatic rings. The van der Waals surface area contributed by atoms with Crippen molar-refractivity contribution in [3.05, 3.63) is 21.9 Å². The number of rotatable bonds is 4. The van der Waals surface area contributed by atoms with Crippen molar-refractivity contribution in [3.63, 3.8) is 0 Å². The second-order valence-corrected chi connectivity index (χ2v) is 6.91. The summed E-state index contributed by atoms with van der Waals surface area (Å²) in [6.07, 6.45) is 1.13. The van der Waals surface area contributed by atoms with Crippen molar-refractivity contribution < 1.29 is 0 Å². The van der Waals surface area contributed by atoms with E-state index in [1.807, 2.05) is 23.1 Å². The van der Waals surface area contributed by atoms with Gasteiger partial charge in [0.15, 0.2) is 5.17 Å². The van der Waals surface area contributed by atoms with Crippen LogP contribution >= 0.6 is 23.1 Å². The Morgan fingerprint density at radius 2 is 2.18 bits per heavy atom. The van der Waals surface area contributed by atoms with Gasteiger partial charge in [0.1, 0.15) is 0 Å². The van der Waals surface area contributed by atoms with Gasteiger partial charge in [0.2, 0.25) is 0 Å². The molecule has 2 nitrogen and oxygen atoms in total. The van der Waals surface area contributed by atoms with E-state index in [0.29, 0.717) is 12.0 Å². The van der Waals surface area contributed by atoms with Gasteiger partial charge in [-0.05, 0) is 24.5 Å². The van der Waals surface area contributed by atoms with E-state index in [4.69, 9.17) is 0 Å². The summed E-state index contributed by atoms with van der Waals surface area (Å²) in [4.78, 5) is 7.47. The molecule has 0 aromatic carbocycles. The van der Waals surface area contributed by atoms with Crippen LogP contribution in [0.25, 0.3) is 0 Å². The zero-order valence-electron chi connectivity index (χ0n) is 10.7. The van der Waals surface area contributed by atoms with Crippen LogP contribution in [-0.4, -0.2) is 17.0 Å². The number of thiophene rings is 1. The summed E-state index contributed by atoms with van der Waals surface area (Å²) in [5, 5.41) is 4.62. The standard InChI is InChI=1S/C13H20N2S2/c1-4-10-5-6-11(17-10)7-14-13-15-12(8-16-13)9(2)3/h5-6,9,12H,4,7-8H2,1-3H3,(H,14,15). The lowest BCUT2D eigenvalue weighted by Gasteiger charge is -2.12. The van der Waals surface area contributed by atoms with Gasteiger partial charge < -0.3 is 5.32 Å². The second-order valence-electron chi connectivity index (χ2n) is 4.65. The first-order valence-electron chi connectivity index (χ1n) is 6.20. The lowest BCUT2D eigenvalue weighted by Crippen LogP contribution is -2.31. The molecule has 1 aliphatic heterocycles. The zero-order chi connectivity index (χ0) is 12.3. The molecule has 1 atom stereocenters. The minimum absolute atomic E-state index is 0.591. The molecular weight excluding hydrogens is 248 g/mol. The molecule has 1 aromatic heterocycles. The molecule has 0 radical (unpaired) electrons. The zero-order valence-corrected chi connectivity index (χ0v) is 12.3. The largest absolute Gasteiger partial charge is 0.361 e. The molecule has 2 rings (SSSR count). The fraction of sp³-hybridized carbons (Fsp3) is 0.615. The van der Waals surface area contributed by atoms with Crippen LogP contribution < -0.4 is 5.32 Å². The molecule has 0 saturated carbocycles. The highest BCUT2D eigenvalue weighted by Gasteiger charge is 2.22. The number of hydrogen-bond acceptors (Lipinski definition) is 3. The number of hydrogen-bond donors (Lipinski definition) is 1. The summed E-state index contributed by atoms with van der Waals surface area (Å²) in [6.45, 7) is 7.54. The second kappa shape index (κ2) is 5.91. The van der Waals surface area contributed by atoms with Crippen molar-refractivity contribution in [2.24, 2.45) is 10.9 Å². The molecular formula is C13H20N2S2. The Labute approximate surface area is 112 Å². The van der Waals surface area contributed by atoms with E-state index in [9.17, 15) is 0 Å². The maximum absolute atomic E-state index is 4.65. The van der Waals surface area contributed by atoms with Gasteiger partial charge in [0.05, 0.1) is 6.54 Å². The van der Waals surface area contributed by atoms with E-state index in [1.54, 1.807) is 0 Å². The number of aliphatic imine (C=N–C) groups is 1. The van der Waals surface area contributed by atoms with E-state index < -0.39 is 0 Å². The summed E-state index contributed by atoms with van der Waals surface area (Å²) in [6, 6.07) is 5.01. The van der Waals surface area contributed by atoms with Crippen LogP contribution in [0.15, 0.2) is 17.1 Å². The molecule has 94 valence electrons. The normalized spacial score (nSPS) is 22.4. The Morgan fingerprint density at radius 1 is 1.41 bits per heavy atom. The summed E-state index contributed by atoms with van der Waals surface area (Å²) in [5.41, 5.74) is 0. The Bertz CT molecular complexity index is 396. The third kappa shape index (κ3) is 3.49. The molecule has 1 unspecified atom stereocenters. The molecule has 0 bridgehead atoms. The van der Waals surface area contributed by atoms with E-state index in [0.717, 1.165) is 23.9 Å². The first kappa shape index (κ1) is 13.0. The van der Waals surface area contributed by atoms with Gasteiger partial charge in [-0.25, -0.2) is 0 Å². The first-order valence-corrected chi connectivity index (χ1v) is 8.00. The van der Waals surface area contributed by atoms with Crippen molar-refractivity contribution in [1.82, 2.24) is 5.32 Å². The van der Waals surface area contributed by atoms with E-state index >= 15 is 0 Å². The molecule has 4 heteroatoms.